The summed E-state index contributed by atoms with van der Waals surface area (Å²) in [6, 6.07) is 0. The number of hydrogen-bond acceptors (Lipinski definition) is 4. The molecule has 1 rings (SSSR count). The molecule has 0 fully saturated rings. The van der Waals surface area contributed by atoms with Crippen molar-refractivity contribution < 1.29 is 40.9 Å². The third-order valence-corrected chi connectivity index (χ3v) is 1.70. The first kappa shape index (κ1) is 14.2. The van der Waals surface area contributed by atoms with E-state index in [1.54, 1.807) is 0 Å². The van der Waals surface area contributed by atoms with E-state index in [2.05, 4.69) is 14.5 Å². The smallest absolute Gasteiger partial charge is 0.503 e. The van der Waals surface area contributed by atoms with Crippen molar-refractivity contribution in [3.8, 4) is 17.4 Å². The largest absolute Gasteiger partial charge is 0.574 e. The number of halogens is 6. The molecule has 18 heavy (non-hydrogen) atoms. The Morgan fingerprint density at radius 2 is 1.72 bits per heavy atom. The summed E-state index contributed by atoms with van der Waals surface area (Å²) in [4.78, 5) is 2.89. The summed E-state index contributed by atoms with van der Waals surface area (Å²) in [5.41, 5.74) is -1.79. The van der Waals surface area contributed by atoms with Crippen LogP contribution in [-0.2, 0) is 6.18 Å². The molecular formula is C8H5F6NO3. The van der Waals surface area contributed by atoms with Crippen molar-refractivity contribution in [2.75, 3.05) is 7.11 Å². The Morgan fingerprint density at radius 1 is 1.17 bits per heavy atom. The number of ether oxygens (including phenoxy) is 2. The van der Waals surface area contributed by atoms with Crippen molar-refractivity contribution in [3.05, 3.63) is 11.8 Å². The Bertz CT molecular complexity index is 442. The van der Waals surface area contributed by atoms with Crippen LogP contribution in [0.5, 0.6) is 17.4 Å². The fourth-order valence-electron chi connectivity index (χ4n) is 1.08. The van der Waals surface area contributed by atoms with Crippen LogP contribution >= 0.6 is 0 Å². The minimum absolute atomic E-state index is 0.365. The molecule has 1 aromatic rings. The monoisotopic (exact) mass is 277 g/mol. The maximum atomic E-state index is 12.5. The first-order chi connectivity index (χ1) is 8.06. The van der Waals surface area contributed by atoms with Gasteiger partial charge in [0.15, 0.2) is 11.5 Å². The molecule has 0 spiro atoms. The Kier molecular flexibility index (Phi) is 3.49. The highest BCUT2D eigenvalue weighted by atomic mass is 19.4. The van der Waals surface area contributed by atoms with Gasteiger partial charge in [0.05, 0.1) is 13.3 Å². The molecule has 0 atom stereocenters. The molecule has 0 aliphatic rings. The lowest BCUT2D eigenvalue weighted by Gasteiger charge is -2.16. The van der Waals surface area contributed by atoms with Gasteiger partial charge >= 0.3 is 12.5 Å². The third-order valence-electron chi connectivity index (χ3n) is 1.70. The van der Waals surface area contributed by atoms with E-state index >= 15 is 0 Å². The number of pyridine rings is 1. The number of rotatable bonds is 2. The fourth-order valence-corrected chi connectivity index (χ4v) is 1.08. The van der Waals surface area contributed by atoms with E-state index in [4.69, 9.17) is 5.11 Å². The molecule has 4 nitrogen and oxygen atoms in total. The number of methoxy groups -OCH3 is 1. The quantitative estimate of drug-likeness (QED) is 0.844. The normalized spacial score (nSPS) is 12.4. The average Bonchev–Trinajstić information content (AvgIpc) is 2.16. The van der Waals surface area contributed by atoms with E-state index in [1.807, 2.05) is 0 Å². The molecule has 0 unspecified atom stereocenters. The molecule has 0 saturated heterocycles. The van der Waals surface area contributed by atoms with Crippen LogP contribution < -0.4 is 9.47 Å². The van der Waals surface area contributed by atoms with E-state index in [1.165, 1.54) is 0 Å². The van der Waals surface area contributed by atoms with Crippen LogP contribution in [0, 0.1) is 0 Å². The van der Waals surface area contributed by atoms with Crippen LogP contribution in [0.2, 0.25) is 0 Å². The predicted molar refractivity (Wildman–Crippen MR) is 44.1 cm³/mol. The van der Waals surface area contributed by atoms with Crippen LogP contribution in [0.3, 0.4) is 0 Å². The van der Waals surface area contributed by atoms with Gasteiger partial charge in [-0.15, -0.1) is 13.2 Å². The molecule has 1 N–H and O–H groups in total. The third kappa shape index (κ3) is 3.08. The average molecular weight is 277 g/mol. The SMILES string of the molecule is COc1cnc(OC(F)(F)F)c(O)c1C(F)(F)F. The maximum absolute atomic E-state index is 12.5. The summed E-state index contributed by atoms with van der Waals surface area (Å²) in [5, 5.41) is 9.11. The van der Waals surface area contributed by atoms with Crippen molar-refractivity contribution in [2.45, 2.75) is 12.5 Å². The van der Waals surface area contributed by atoms with Gasteiger partial charge in [-0.05, 0) is 0 Å². The molecule has 0 bridgehead atoms. The fraction of sp³-hybridized carbons (Fsp3) is 0.375. The second kappa shape index (κ2) is 4.42. The van der Waals surface area contributed by atoms with Crippen molar-refractivity contribution in [3.63, 3.8) is 0 Å². The van der Waals surface area contributed by atoms with Crippen molar-refractivity contribution in [1.29, 1.82) is 0 Å². The number of aromatic nitrogens is 1. The predicted octanol–water partition coefficient (Wildman–Crippen LogP) is 2.71. The van der Waals surface area contributed by atoms with Crippen LogP contribution in [0.25, 0.3) is 0 Å². The summed E-state index contributed by atoms with van der Waals surface area (Å²) in [6.07, 6.45) is -10.0. The zero-order chi connectivity index (χ0) is 14.1. The minimum atomic E-state index is -5.28. The molecule has 1 aromatic heterocycles. The van der Waals surface area contributed by atoms with Gasteiger partial charge in [0, 0.05) is 0 Å². The van der Waals surface area contributed by atoms with Gasteiger partial charge in [-0.1, -0.05) is 0 Å². The number of hydrogen-bond donors (Lipinski definition) is 1. The number of aromatic hydroxyl groups is 1. The Labute approximate surface area is 95.8 Å². The molecule has 0 saturated carbocycles. The van der Waals surface area contributed by atoms with Crippen molar-refractivity contribution in [1.82, 2.24) is 4.98 Å². The van der Waals surface area contributed by atoms with Crippen molar-refractivity contribution >= 4 is 0 Å². The first-order valence-corrected chi connectivity index (χ1v) is 4.15. The molecule has 0 aliphatic carbocycles. The van der Waals surface area contributed by atoms with Crippen LogP contribution in [0.4, 0.5) is 26.3 Å². The van der Waals surface area contributed by atoms with Gasteiger partial charge in [-0.3, -0.25) is 0 Å². The van der Waals surface area contributed by atoms with E-state index in [9.17, 15) is 26.3 Å². The van der Waals surface area contributed by atoms with Gasteiger partial charge in [-0.2, -0.15) is 13.2 Å². The highest BCUT2D eigenvalue weighted by Gasteiger charge is 2.42. The lowest BCUT2D eigenvalue weighted by atomic mass is 10.2. The molecule has 0 radical (unpaired) electrons. The molecule has 0 aliphatic heterocycles. The topological polar surface area (TPSA) is 51.6 Å². The summed E-state index contributed by atoms with van der Waals surface area (Å²) < 4.78 is 80.5. The Morgan fingerprint density at radius 3 is 2.11 bits per heavy atom. The molecule has 102 valence electrons. The number of alkyl halides is 6. The van der Waals surface area contributed by atoms with Gasteiger partial charge < -0.3 is 14.6 Å². The van der Waals surface area contributed by atoms with E-state index < -0.39 is 35.5 Å². The highest BCUT2D eigenvalue weighted by molar-refractivity contribution is 5.50. The molecule has 0 amide bonds. The van der Waals surface area contributed by atoms with Crippen LogP contribution in [-0.4, -0.2) is 23.6 Å². The maximum Gasteiger partial charge on any atom is 0.574 e. The van der Waals surface area contributed by atoms with Crippen LogP contribution in [0.15, 0.2) is 6.20 Å². The molecule has 0 aromatic carbocycles. The molecule has 10 heteroatoms. The zero-order valence-corrected chi connectivity index (χ0v) is 8.56. The second-order valence-corrected chi connectivity index (χ2v) is 2.90. The Balaban J connectivity index is 3.35. The summed E-state index contributed by atoms with van der Waals surface area (Å²) in [6.45, 7) is 0. The Hall–Kier alpha value is -1.87. The minimum Gasteiger partial charge on any atom is -0.503 e. The van der Waals surface area contributed by atoms with Gasteiger partial charge in [0.1, 0.15) is 5.56 Å². The lowest BCUT2D eigenvalue weighted by Crippen LogP contribution is -2.19. The van der Waals surface area contributed by atoms with Gasteiger partial charge in [-0.25, -0.2) is 4.98 Å². The summed E-state index contributed by atoms with van der Waals surface area (Å²) >= 11 is 0. The summed E-state index contributed by atoms with van der Waals surface area (Å²) in [7, 11) is 0.843. The van der Waals surface area contributed by atoms with Crippen molar-refractivity contribution in [2.24, 2.45) is 0 Å². The highest BCUT2D eigenvalue weighted by Crippen LogP contribution is 2.45. The molecule has 1 heterocycles. The summed E-state index contributed by atoms with van der Waals surface area (Å²) in [5.74, 6) is -4.32. The zero-order valence-electron chi connectivity index (χ0n) is 8.56. The van der Waals surface area contributed by atoms with Crippen LogP contribution in [0.1, 0.15) is 5.56 Å². The standard InChI is InChI=1S/C8H5F6NO3/c1-17-3-2-15-6(18-8(12,13)14)5(16)4(3)7(9,10)11/h2,16H,1H3. The van der Waals surface area contributed by atoms with Gasteiger partial charge in [0.2, 0.25) is 0 Å². The second-order valence-electron chi connectivity index (χ2n) is 2.90. The molecular weight excluding hydrogens is 272 g/mol. The number of nitrogens with zero attached hydrogens (tertiary/aromatic N) is 1. The van der Waals surface area contributed by atoms with Gasteiger partial charge in [0.25, 0.3) is 5.88 Å². The van der Waals surface area contributed by atoms with E-state index in [-0.39, 0.29) is 0 Å². The van der Waals surface area contributed by atoms with E-state index in [0.29, 0.717) is 6.20 Å². The first-order valence-electron chi connectivity index (χ1n) is 4.15. The van der Waals surface area contributed by atoms with E-state index in [0.717, 1.165) is 7.11 Å². The lowest BCUT2D eigenvalue weighted by molar-refractivity contribution is -0.276.